The van der Waals surface area contributed by atoms with Crippen LogP contribution < -0.4 is 10.0 Å². The molecule has 2 rings (SSSR count). The molecular weight excluding hydrogens is 368 g/mol. The minimum atomic E-state index is -3.75. The van der Waals surface area contributed by atoms with Gasteiger partial charge >= 0.3 is 6.09 Å². The number of amides is 1. The lowest BCUT2D eigenvalue weighted by Gasteiger charge is -2.32. The van der Waals surface area contributed by atoms with Crippen LogP contribution in [0.3, 0.4) is 0 Å². The fraction of sp³-hybridized carbons (Fsp3) is 0.316. The number of carbonyl (C=O) groups is 1. The molecule has 2 N–H and O–H groups in total. The number of methoxy groups -OCH3 is 2. The third kappa shape index (κ3) is 5.06. The van der Waals surface area contributed by atoms with Gasteiger partial charge < -0.3 is 9.47 Å². The summed E-state index contributed by atoms with van der Waals surface area (Å²) in [6.07, 6.45) is -0.0303. The topological polar surface area (TPSA) is 93.7 Å². The summed E-state index contributed by atoms with van der Waals surface area (Å²) in [6.45, 7) is 2.03. The average Bonchev–Trinajstić information content (AvgIpc) is 2.70. The molecule has 0 fully saturated rings. The van der Waals surface area contributed by atoms with Gasteiger partial charge in [0.15, 0.2) is 0 Å². The second-order valence-electron chi connectivity index (χ2n) is 5.88. The van der Waals surface area contributed by atoms with Crippen LogP contribution >= 0.6 is 0 Å². The van der Waals surface area contributed by atoms with Crippen LogP contribution in [0.1, 0.15) is 18.9 Å². The standard InChI is InChI=1S/C19H24N2O5S/c1-4-19(26-3,15-8-6-5-7-9-15)14-20-27(23,24)17-12-10-16(11-13-17)21-18(22)25-2/h5-13,20H,4,14H2,1-3H3,(H,21,22). The highest BCUT2D eigenvalue weighted by atomic mass is 32.2. The number of carbonyl (C=O) groups excluding carboxylic acids is 1. The number of hydrogen-bond donors (Lipinski definition) is 2. The first-order valence-corrected chi connectivity index (χ1v) is 9.90. The number of anilines is 1. The molecular formula is C19H24N2O5S. The van der Waals surface area contributed by atoms with Crippen molar-refractivity contribution >= 4 is 21.8 Å². The highest BCUT2D eigenvalue weighted by molar-refractivity contribution is 7.89. The summed E-state index contributed by atoms with van der Waals surface area (Å²) < 4.78 is 38.1. The first-order valence-electron chi connectivity index (χ1n) is 8.42. The van der Waals surface area contributed by atoms with Crippen molar-refractivity contribution in [3.63, 3.8) is 0 Å². The van der Waals surface area contributed by atoms with Crippen LogP contribution in [0.4, 0.5) is 10.5 Å². The van der Waals surface area contributed by atoms with Crippen molar-refractivity contribution in [2.24, 2.45) is 0 Å². The van der Waals surface area contributed by atoms with E-state index in [0.717, 1.165) is 5.56 Å². The predicted octanol–water partition coefficient (Wildman–Crippen LogP) is 3.10. The number of nitrogens with one attached hydrogen (secondary N) is 2. The molecule has 0 saturated heterocycles. The first kappa shape index (κ1) is 20.9. The van der Waals surface area contributed by atoms with Gasteiger partial charge in [0, 0.05) is 19.3 Å². The molecule has 0 aromatic heterocycles. The fourth-order valence-corrected chi connectivity index (χ4v) is 3.77. The van der Waals surface area contributed by atoms with Crippen LogP contribution in [0, 0.1) is 0 Å². The molecule has 0 aliphatic carbocycles. The van der Waals surface area contributed by atoms with E-state index in [2.05, 4.69) is 14.8 Å². The van der Waals surface area contributed by atoms with Gasteiger partial charge in [0.25, 0.3) is 0 Å². The molecule has 0 radical (unpaired) electrons. The molecule has 1 atom stereocenters. The summed E-state index contributed by atoms with van der Waals surface area (Å²) in [6, 6.07) is 15.3. The van der Waals surface area contributed by atoms with Gasteiger partial charge in [-0.25, -0.2) is 17.9 Å². The van der Waals surface area contributed by atoms with Gasteiger partial charge in [0.2, 0.25) is 10.0 Å². The maximum absolute atomic E-state index is 12.7. The molecule has 0 saturated carbocycles. The molecule has 2 aromatic rings. The van der Waals surface area contributed by atoms with Crippen molar-refractivity contribution in [2.45, 2.75) is 23.8 Å². The molecule has 27 heavy (non-hydrogen) atoms. The molecule has 0 aliphatic heterocycles. The molecule has 0 bridgehead atoms. The maximum atomic E-state index is 12.7. The SMILES string of the molecule is CCC(CNS(=O)(=O)c1ccc(NC(=O)OC)cc1)(OC)c1ccccc1. The van der Waals surface area contributed by atoms with Crippen molar-refractivity contribution in [3.8, 4) is 0 Å². The van der Waals surface area contributed by atoms with E-state index in [9.17, 15) is 13.2 Å². The van der Waals surface area contributed by atoms with Gasteiger partial charge in [-0.3, -0.25) is 5.32 Å². The normalized spacial score (nSPS) is 13.6. The van der Waals surface area contributed by atoms with Crippen molar-refractivity contribution in [3.05, 3.63) is 60.2 Å². The number of benzene rings is 2. The summed E-state index contributed by atoms with van der Waals surface area (Å²) in [5.74, 6) is 0. The zero-order chi connectivity index (χ0) is 19.9. The van der Waals surface area contributed by atoms with E-state index in [4.69, 9.17) is 4.74 Å². The highest BCUT2D eigenvalue weighted by Crippen LogP contribution is 2.28. The van der Waals surface area contributed by atoms with Crippen LogP contribution in [0.5, 0.6) is 0 Å². The number of ether oxygens (including phenoxy) is 2. The Morgan fingerprint density at radius 1 is 1.04 bits per heavy atom. The lowest BCUT2D eigenvalue weighted by molar-refractivity contribution is -0.0133. The molecule has 1 unspecified atom stereocenters. The van der Waals surface area contributed by atoms with E-state index in [0.29, 0.717) is 12.1 Å². The van der Waals surface area contributed by atoms with Crippen LogP contribution in [-0.4, -0.2) is 35.3 Å². The largest absolute Gasteiger partial charge is 0.453 e. The minimum absolute atomic E-state index is 0.0899. The van der Waals surface area contributed by atoms with Gasteiger partial charge in [-0.15, -0.1) is 0 Å². The molecule has 0 spiro atoms. The Morgan fingerprint density at radius 3 is 2.19 bits per heavy atom. The van der Waals surface area contributed by atoms with Crippen molar-refractivity contribution in [1.29, 1.82) is 0 Å². The molecule has 0 aliphatic rings. The Hall–Kier alpha value is -2.42. The fourth-order valence-electron chi connectivity index (χ4n) is 2.69. The van der Waals surface area contributed by atoms with Crippen molar-refractivity contribution in [1.82, 2.24) is 4.72 Å². The molecule has 8 heteroatoms. The van der Waals surface area contributed by atoms with Gasteiger partial charge in [-0.2, -0.15) is 0 Å². The van der Waals surface area contributed by atoms with E-state index in [1.54, 1.807) is 7.11 Å². The van der Waals surface area contributed by atoms with Crippen LogP contribution in [0.15, 0.2) is 59.5 Å². The van der Waals surface area contributed by atoms with Gasteiger partial charge in [-0.05, 0) is 36.2 Å². The molecule has 1 amide bonds. The van der Waals surface area contributed by atoms with E-state index in [1.807, 2.05) is 37.3 Å². The Balaban J connectivity index is 2.16. The lowest BCUT2D eigenvalue weighted by Crippen LogP contribution is -2.41. The van der Waals surface area contributed by atoms with Crippen LogP contribution in [0.2, 0.25) is 0 Å². The Kier molecular flexibility index (Phi) is 6.95. The predicted molar refractivity (Wildman–Crippen MR) is 103 cm³/mol. The maximum Gasteiger partial charge on any atom is 0.411 e. The van der Waals surface area contributed by atoms with Crippen molar-refractivity contribution in [2.75, 3.05) is 26.1 Å². The first-order chi connectivity index (χ1) is 12.9. The van der Waals surface area contributed by atoms with Crippen LogP contribution in [0.25, 0.3) is 0 Å². The number of sulfonamides is 1. The molecule has 7 nitrogen and oxygen atoms in total. The quantitative estimate of drug-likeness (QED) is 0.720. The van der Waals surface area contributed by atoms with Crippen molar-refractivity contribution < 1.29 is 22.7 Å². The van der Waals surface area contributed by atoms with Gasteiger partial charge in [0.1, 0.15) is 5.60 Å². The van der Waals surface area contributed by atoms with E-state index in [1.165, 1.54) is 31.4 Å². The van der Waals surface area contributed by atoms with E-state index < -0.39 is 21.7 Å². The molecule has 146 valence electrons. The Bertz CT molecular complexity index is 847. The van der Waals surface area contributed by atoms with E-state index in [-0.39, 0.29) is 11.4 Å². The zero-order valence-electron chi connectivity index (χ0n) is 15.6. The minimum Gasteiger partial charge on any atom is -0.453 e. The van der Waals surface area contributed by atoms with E-state index >= 15 is 0 Å². The monoisotopic (exact) mass is 392 g/mol. The third-order valence-electron chi connectivity index (χ3n) is 4.41. The summed E-state index contributed by atoms with van der Waals surface area (Å²) in [5.41, 5.74) is 0.570. The lowest BCUT2D eigenvalue weighted by atomic mass is 9.91. The highest BCUT2D eigenvalue weighted by Gasteiger charge is 2.32. The smallest absolute Gasteiger partial charge is 0.411 e. The van der Waals surface area contributed by atoms with Gasteiger partial charge in [-0.1, -0.05) is 37.3 Å². The zero-order valence-corrected chi connectivity index (χ0v) is 16.4. The second kappa shape index (κ2) is 8.98. The Labute approximate surface area is 159 Å². The molecule has 2 aromatic carbocycles. The summed E-state index contributed by atoms with van der Waals surface area (Å²) >= 11 is 0. The second-order valence-corrected chi connectivity index (χ2v) is 7.65. The number of rotatable bonds is 8. The summed E-state index contributed by atoms with van der Waals surface area (Å²) in [7, 11) is -0.928. The third-order valence-corrected chi connectivity index (χ3v) is 5.82. The average molecular weight is 392 g/mol. The van der Waals surface area contributed by atoms with Crippen LogP contribution in [-0.2, 0) is 25.1 Å². The molecule has 0 heterocycles. The Morgan fingerprint density at radius 2 is 1.67 bits per heavy atom. The number of hydrogen-bond acceptors (Lipinski definition) is 5. The summed E-state index contributed by atoms with van der Waals surface area (Å²) in [5, 5.41) is 2.47. The van der Waals surface area contributed by atoms with Gasteiger partial charge in [0.05, 0.1) is 12.0 Å². The summed E-state index contributed by atoms with van der Waals surface area (Å²) in [4.78, 5) is 11.3.